The number of aromatic nitrogens is 3. The fourth-order valence-electron chi connectivity index (χ4n) is 4.71. The average Bonchev–Trinajstić information content (AvgIpc) is 3.69. The number of anilines is 2. The molecule has 0 spiro atoms. The second-order valence-electron chi connectivity index (χ2n) is 9.14. The SMILES string of the molecule is Cc1cccn2cc(-c3ccc(NC(=O)C4CCN(c5oc(-c6ccco6)nc5C#N)CC4)cc3)nc12. The minimum Gasteiger partial charge on any atom is -0.459 e. The van der Waals surface area contributed by atoms with Gasteiger partial charge in [-0.3, -0.25) is 4.79 Å². The fourth-order valence-corrected chi connectivity index (χ4v) is 4.71. The van der Waals surface area contributed by atoms with Gasteiger partial charge < -0.3 is 23.5 Å². The van der Waals surface area contributed by atoms with Crippen molar-refractivity contribution in [3.63, 3.8) is 0 Å². The summed E-state index contributed by atoms with van der Waals surface area (Å²) in [5.41, 5.74) is 4.90. The summed E-state index contributed by atoms with van der Waals surface area (Å²) in [5.74, 6) is 1.03. The van der Waals surface area contributed by atoms with E-state index >= 15 is 0 Å². The lowest BCUT2D eigenvalue weighted by atomic mass is 9.95. The number of fused-ring (bicyclic) bond motifs is 1. The number of hydrogen-bond donors (Lipinski definition) is 1. The van der Waals surface area contributed by atoms with Crippen LogP contribution in [0.5, 0.6) is 0 Å². The van der Waals surface area contributed by atoms with Gasteiger partial charge in [0.2, 0.25) is 17.5 Å². The molecule has 1 aliphatic heterocycles. The number of pyridine rings is 1. The van der Waals surface area contributed by atoms with Gasteiger partial charge in [0.25, 0.3) is 5.89 Å². The van der Waals surface area contributed by atoms with E-state index in [0.29, 0.717) is 37.6 Å². The van der Waals surface area contributed by atoms with Crippen LogP contribution in [0.1, 0.15) is 24.1 Å². The molecule has 1 aromatic carbocycles. The van der Waals surface area contributed by atoms with E-state index in [1.165, 1.54) is 6.26 Å². The number of oxazole rings is 1. The smallest absolute Gasteiger partial charge is 0.266 e. The van der Waals surface area contributed by atoms with Crippen molar-refractivity contribution in [2.75, 3.05) is 23.3 Å². The summed E-state index contributed by atoms with van der Waals surface area (Å²) in [4.78, 5) is 23.9. The molecule has 4 aromatic heterocycles. The van der Waals surface area contributed by atoms with Crippen LogP contribution in [0.2, 0.25) is 0 Å². The first-order valence-electron chi connectivity index (χ1n) is 12.1. The maximum absolute atomic E-state index is 13.0. The van der Waals surface area contributed by atoms with Crippen molar-refractivity contribution < 1.29 is 13.6 Å². The van der Waals surface area contributed by atoms with Gasteiger partial charge in [0.05, 0.1) is 12.0 Å². The molecule has 0 bridgehead atoms. The minimum atomic E-state index is -0.129. The lowest BCUT2D eigenvalue weighted by Gasteiger charge is -2.30. The van der Waals surface area contributed by atoms with Gasteiger partial charge >= 0.3 is 0 Å². The molecule has 184 valence electrons. The fraction of sp³-hybridized carbons (Fsp3) is 0.214. The standard InChI is InChI=1S/C28H24N6O3/c1-18-4-2-12-34-17-23(31-25(18)34)19-6-8-21(9-7-19)30-26(35)20-10-13-33(14-11-20)28-22(16-29)32-27(37-28)24-5-3-15-36-24/h2-9,12,15,17,20H,10-11,13-14H2,1H3,(H,30,35). The van der Waals surface area contributed by atoms with Gasteiger partial charge in [0.15, 0.2) is 5.76 Å². The van der Waals surface area contributed by atoms with Crippen LogP contribution in [0.3, 0.4) is 0 Å². The van der Waals surface area contributed by atoms with Gasteiger partial charge in [0, 0.05) is 42.7 Å². The number of nitrogens with one attached hydrogen (secondary N) is 1. The lowest BCUT2D eigenvalue weighted by Crippen LogP contribution is -2.38. The summed E-state index contributed by atoms with van der Waals surface area (Å²) in [6, 6.07) is 17.4. The number of aryl methyl sites for hydroxylation is 1. The van der Waals surface area contributed by atoms with Gasteiger partial charge in [-0.25, -0.2) is 4.98 Å². The van der Waals surface area contributed by atoms with E-state index in [9.17, 15) is 10.1 Å². The van der Waals surface area contributed by atoms with E-state index in [2.05, 4.69) is 16.4 Å². The molecule has 6 rings (SSSR count). The van der Waals surface area contributed by atoms with Crippen LogP contribution < -0.4 is 10.2 Å². The van der Waals surface area contributed by atoms with Crippen LogP contribution in [0.4, 0.5) is 11.6 Å². The van der Waals surface area contributed by atoms with Gasteiger partial charge in [0.1, 0.15) is 11.7 Å². The van der Waals surface area contributed by atoms with Crippen LogP contribution in [0, 0.1) is 24.2 Å². The predicted octanol–water partition coefficient (Wildman–Crippen LogP) is 5.28. The number of imidazole rings is 1. The van der Waals surface area contributed by atoms with Gasteiger partial charge in [-0.1, -0.05) is 18.2 Å². The third kappa shape index (κ3) is 4.34. The number of amides is 1. The number of hydrogen-bond acceptors (Lipinski definition) is 7. The molecule has 1 saturated heterocycles. The molecule has 0 atom stereocenters. The van der Waals surface area contributed by atoms with Crippen LogP contribution in [-0.4, -0.2) is 33.4 Å². The molecule has 1 N–H and O–H groups in total. The Morgan fingerprint density at radius 2 is 1.92 bits per heavy atom. The van der Waals surface area contributed by atoms with Gasteiger partial charge in [-0.2, -0.15) is 10.2 Å². The number of nitriles is 1. The molecule has 5 heterocycles. The quantitative estimate of drug-likeness (QED) is 0.355. The number of carbonyl (C=O) groups is 1. The number of carbonyl (C=O) groups excluding carboxylic acids is 1. The average molecular weight is 493 g/mol. The second-order valence-corrected chi connectivity index (χ2v) is 9.14. The zero-order valence-electron chi connectivity index (χ0n) is 20.2. The number of nitrogens with zero attached hydrogens (tertiary/aromatic N) is 5. The molecule has 0 aliphatic carbocycles. The van der Waals surface area contributed by atoms with Crippen molar-refractivity contribution in [1.29, 1.82) is 5.26 Å². The molecular formula is C28H24N6O3. The highest BCUT2D eigenvalue weighted by atomic mass is 16.4. The van der Waals surface area contributed by atoms with E-state index in [4.69, 9.17) is 13.8 Å². The first kappa shape index (κ1) is 22.6. The van der Waals surface area contributed by atoms with Crippen LogP contribution in [-0.2, 0) is 4.79 Å². The molecule has 9 nitrogen and oxygen atoms in total. The topological polar surface area (TPSA) is 113 Å². The third-order valence-electron chi connectivity index (χ3n) is 6.73. The molecule has 1 fully saturated rings. The normalized spacial score (nSPS) is 14.1. The zero-order chi connectivity index (χ0) is 25.4. The van der Waals surface area contributed by atoms with Crippen molar-refractivity contribution in [2.45, 2.75) is 19.8 Å². The van der Waals surface area contributed by atoms with Gasteiger partial charge in [-0.05, 0) is 55.7 Å². The summed E-state index contributed by atoms with van der Waals surface area (Å²) >= 11 is 0. The van der Waals surface area contributed by atoms with E-state index in [1.807, 2.05) is 65.0 Å². The molecule has 9 heteroatoms. The molecular weight excluding hydrogens is 468 g/mol. The van der Waals surface area contributed by atoms with E-state index in [1.54, 1.807) is 12.1 Å². The van der Waals surface area contributed by atoms with Crippen molar-refractivity contribution in [1.82, 2.24) is 14.4 Å². The summed E-state index contributed by atoms with van der Waals surface area (Å²) in [7, 11) is 0. The first-order valence-corrected chi connectivity index (χ1v) is 12.1. The molecule has 0 radical (unpaired) electrons. The molecule has 0 unspecified atom stereocenters. The van der Waals surface area contributed by atoms with Crippen LogP contribution in [0.15, 0.2) is 76.0 Å². The molecule has 0 saturated carbocycles. The summed E-state index contributed by atoms with van der Waals surface area (Å²) in [6.07, 6.45) is 6.81. The molecule has 1 amide bonds. The Hall–Kier alpha value is -4.84. The highest BCUT2D eigenvalue weighted by Gasteiger charge is 2.29. The second kappa shape index (κ2) is 9.32. The predicted molar refractivity (Wildman–Crippen MR) is 138 cm³/mol. The van der Waals surface area contributed by atoms with Crippen LogP contribution >= 0.6 is 0 Å². The highest BCUT2D eigenvalue weighted by molar-refractivity contribution is 5.93. The maximum Gasteiger partial charge on any atom is 0.266 e. The Kier molecular flexibility index (Phi) is 5.69. The summed E-state index contributed by atoms with van der Waals surface area (Å²) in [5, 5.41) is 12.5. The number of furan rings is 1. The largest absolute Gasteiger partial charge is 0.459 e. The Morgan fingerprint density at radius 1 is 1.11 bits per heavy atom. The van der Waals surface area contributed by atoms with Gasteiger partial charge in [-0.15, -0.1) is 0 Å². The monoisotopic (exact) mass is 492 g/mol. The molecule has 1 aliphatic rings. The van der Waals surface area contributed by atoms with Crippen molar-refractivity contribution in [2.24, 2.45) is 5.92 Å². The first-order chi connectivity index (χ1) is 18.1. The number of rotatable bonds is 5. The van der Waals surface area contributed by atoms with Crippen molar-refractivity contribution >= 4 is 23.1 Å². The Labute approximate surface area is 213 Å². The Bertz CT molecular complexity index is 1600. The van der Waals surface area contributed by atoms with Crippen molar-refractivity contribution in [3.05, 3.63) is 78.4 Å². The third-order valence-corrected chi connectivity index (χ3v) is 6.73. The van der Waals surface area contributed by atoms with E-state index in [0.717, 1.165) is 28.2 Å². The number of piperidine rings is 1. The maximum atomic E-state index is 13.0. The number of benzene rings is 1. The van der Waals surface area contributed by atoms with Crippen LogP contribution in [0.25, 0.3) is 28.6 Å². The summed E-state index contributed by atoms with van der Waals surface area (Å²) < 4.78 is 13.2. The lowest BCUT2D eigenvalue weighted by molar-refractivity contribution is -0.120. The Balaban J connectivity index is 1.09. The highest BCUT2D eigenvalue weighted by Crippen LogP contribution is 2.32. The van der Waals surface area contributed by atoms with E-state index < -0.39 is 0 Å². The van der Waals surface area contributed by atoms with E-state index in [-0.39, 0.29) is 23.4 Å². The molecule has 5 aromatic rings. The Morgan fingerprint density at radius 3 is 2.62 bits per heavy atom. The molecule has 37 heavy (non-hydrogen) atoms. The summed E-state index contributed by atoms with van der Waals surface area (Å²) in [6.45, 7) is 3.22. The zero-order valence-corrected chi connectivity index (χ0v) is 20.2. The van der Waals surface area contributed by atoms with Crippen molar-refractivity contribution in [3.8, 4) is 29.0 Å². The minimum absolute atomic E-state index is 0.00916.